The van der Waals surface area contributed by atoms with Gasteiger partial charge in [-0.15, -0.1) is 0 Å². The maximum absolute atomic E-state index is 12.3. The van der Waals surface area contributed by atoms with Crippen molar-refractivity contribution in [1.29, 1.82) is 0 Å². The number of anilines is 1. The summed E-state index contributed by atoms with van der Waals surface area (Å²) in [5, 5.41) is 3.02. The molecule has 0 saturated carbocycles. The Bertz CT molecular complexity index is 702. The maximum atomic E-state index is 12.3. The van der Waals surface area contributed by atoms with Crippen LogP contribution in [0.15, 0.2) is 24.3 Å². The fourth-order valence-corrected chi connectivity index (χ4v) is 5.39. The van der Waals surface area contributed by atoms with E-state index in [0.29, 0.717) is 43.4 Å². The number of rotatable bonds is 0. The van der Waals surface area contributed by atoms with Gasteiger partial charge in [0.1, 0.15) is 0 Å². The number of carbonyl (C=O) groups is 2. The minimum absolute atomic E-state index is 0.0704. The molecule has 28 heavy (non-hydrogen) atoms. The second kappa shape index (κ2) is 8.64. The van der Waals surface area contributed by atoms with Crippen LogP contribution in [-0.4, -0.2) is 42.5 Å². The molecule has 1 aromatic carbocycles. The summed E-state index contributed by atoms with van der Waals surface area (Å²) in [6, 6.07) is 9.45. The minimum Gasteiger partial charge on any atom is -0.465 e. The van der Waals surface area contributed by atoms with Crippen LogP contribution in [0, 0.1) is 5.92 Å². The summed E-state index contributed by atoms with van der Waals surface area (Å²) in [5.41, 5.74) is 2.17. The van der Waals surface area contributed by atoms with Crippen LogP contribution in [0.1, 0.15) is 69.3 Å². The number of ether oxygens (including phenoxy) is 1. The Morgan fingerprint density at radius 1 is 1.00 bits per heavy atom. The summed E-state index contributed by atoms with van der Waals surface area (Å²) in [4.78, 5) is 26.9. The molecule has 0 aromatic heterocycles. The lowest BCUT2D eigenvalue weighted by Gasteiger charge is -2.43. The lowest BCUT2D eigenvalue weighted by Crippen LogP contribution is -2.47. The van der Waals surface area contributed by atoms with Crippen molar-refractivity contribution in [3.63, 3.8) is 0 Å². The van der Waals surface area contributed by atoms with Crippen LogP contribution in [0.25, 0.3) is 0 Å². The topological polar surface area (TPSA) is 58.6 Å². The van der Waals surface area contributed by atoms with Crippen molar-refractivity contribution in [1.82, 2.24) is 4.90 Å². The molecule has 2 fully saturated rings. The average molecular weight is 385 g/mol. The fourth-order valence-electron chi connectivity index (χ4n) is 5.39. The molecule has 5 heteroatoms. The van der Waals surface area contributed by atoms with Gasteiger partial charge in [-0.1, -0.05) is 25.0 Å². The third-order valence-electron chi connectivity index (χ3n) is 7.03. The number of amides is 1. The van der Waals surface area contributed by atoms with Gasteiger partial charge in [-0.05, 0) is 62.8 Å². The van der Waals surface area contributed by atoms with Gasteiger partial charge in [0.15, 0.2) is 0 Å². The van der Waals surface area contributed by atoms with E-state index in [1.165, 1.54) is 18.4 Å². The van der Waals surface area contributed by atoms with Crippen LogP contribution >= 0.6 is 0 Å². The molecule has 5 rings (SSSR count). The number of nitrogens with zero attached hydrogens (tertiary/aromatic N) is 1. The van der Waals surface area contributed by atoms with Gasteiger partial charge in [-0.25, -0.2) is 0 Å². The molecule has 152 valence electrons. The van der Waals surface area contributed by atoms with Crippen molar-refractivity contribution in [3.05, 3.63) is 29.8 Å². The van der Waals surface area contributed by atoms with Gasteiger partial charge in [0.25, 0.3) is 0 Å². The lowest BCUT2D eigenvalue weighted by atomic mass is 9.76. The molecule has 4 heterocycles. The molecule has 5 nitrogen and oxygen atoms in total. The zero-order chi connectivity index (χ0) is 19.5. The van der Waals surface area contributed by atoms with Gasteiger partial charge in [0, 0.05) is 36.5 Å². The quantitative estimate of drug-likeness (QED) is 0.685. The molecular weight excluding hydrogens is 352 g/mol. The van der Waals surface area contributed by atoms with E-state index in [4.69, 9.17) is 4.74 Å². The molecule has 0 radical (unpaired) electrons. The summed E-state index contributed by atoms with van der Waals surface area (Å²) >= 11 is 0. The third-order valence-corrected chi connectivity index (χ3v) is 7.03. The Kier molecular flexibility index (Phi) is 6.00. The smallest absolute Gasteiger partial charge is 0.305 e. The summed E-state index contributed by atoms with van der Waals surface area (Å²) in [7, 11) is 2.22. The first-order valence-corrected chi connectivity index (χ1v) is 10.9. The van der Waals surface area contributed by atoms with Gasteiger partial charge >= 0.3 is 5.97 Å². The number of benzene rings is 1. The Morgan fingerprint density at radius 2 is 1.75 bits per heavy atom. The van der Waals surface area contributed by atoms with E-state index >= 15 is 0 Å². The van der Waals surface area contributed by atoms with Crippen molar-refractivity contribution >= 4 is 17.6 Å². The van der Waals surface area contributed by atoms with E-state index in [2.05, 4.69) is 29.4 Å². The summed E-state index contributed by atoms with van der Waals surface area (Å²) < 4.78 is 5.76. The van der Waals surface area contributed by atoms with Crippen molar-refractivity contribution < 1.29 is 14.3 Å². The minimum atomic E-state index is -0.0704. The van der Waals surface area contributed by atoms with Gasteiger partial charge in [-0.3, -0.25) is 9.59 Å². The van der Waals surface area contributed by atoms with Crippen LogP contribution < -0.4 is 5.32 Å². The van der Waals surface area contributed by atoms with Crippen LogP contribution in [0.3, 0.4) is 0 Å². The molecule has 2 saturated heterocycles. The SMILES string of the molecule is CN1[C@H]2CC[C@@H]1[C@H]1COC(=O)CCCCCCC(=O)Nc3ccc(cc3)[C@H]1C2. The Balaban J connectivity index is 1.56. The predicted octanol–water partition coefficient (Wildman–Crippen LogP) is 4.09. The van der Waals surface area contributed by atoms with E-state index in [1.54, 1.807) is 0 Å². The lowest BCUT2D eigenvalue weighted by molar-refractivity contribution is -0.146. The second-order valence-electron chi connectivity index (χ2n) is 8.74. The second-order valence-corrected chi connectivity index (χ2v) is 8.74. The number of hydrogen-bond donors (Lipinski definition) is 1. The molecule has 4 aliphatic rings. The summed E-state index contributed by atoms with van der Waals surface area (Å²) in [6.07, 6.45) is 8.20. The highest BCUT2D eigenvalue weighted by atomic mass is 16.5. The largest absolute Gasteiger partial charge is 0.465 e. The first-order chi connectivity index (χ1) is 13.6. The van der Waals surface area contributed by atoms with Gasteiger partial charge in [-0.2, -0.15) is 0 Å². The third kappa shape index (κ3) is 4.24. The van der Waals surface area contributed by atoms with Gasteiger partial charge in [0.05, 0.1) is 6.61 Å². The number of fused-ring (bicyclic) bond motifs is 14. The molecule has 4 atom stereocenters. The fraction of sp³-hybridized carbons (Fsp3) is 0.652. The molecule has 1 N–H and O–H groups in total. The molecule has 1 amide bonds. The number of nitrogens with one attached hydrogen (secondary N) is 1. The number of esters is 1. The van der Waals surface area contributed by atoms with Crippen molar-refractivity contribution in [2.75, 3.05) is 19.0 Å². The van der Waals surface area contributed by atoms with Crippen LogP contribution in [-0.2, 0) is 14.3 Å². The monoisotopic (exact) mass is 384 g/mol. The molecule has 4 aliphatic heterocycles. The highest BCUT2D eigenvalue weighted by Crippen LogP contribution is 2.46. The summed E-state index contributed by atoms with van der Waals surface area (Å²) in [6.45, 7) is 0.518. The zero-order valence-electron chi connectivity index (χ0n) is 16.9. The highest BCUT2D eigenvalue weighted by molar-refractivity contribution is 5.90. The molecule has 0 spiro atoms. The normalized spacial score (nSPS) is 32.3. The van der Waals surface area contributed by atoms with Gasteiger partial charge in [0.2, 0.25) is 5.91 Å². The molecule has 0 aliphatic carbocycles. The Labute approximate surface area is 167 Å². The van der Waals surface area contributed by atoms with E-state index in [1.807, 2.05) is 12.1 Å². The Hall–Kier alpha value is -1.88. The first-order valence-electron chi connectivity index (χ1n) is 10.9. The van der Waals surface area contributed by atoms with E-state index in [9.17, 15) is 9.59 Å². The number of hydrogen-bond acceptors (Lipinski definition) is 4. The average Bonchev–Trinajstić information content (AvgIpc) is 2.93. The maximum Gasteiger partial charge on any atom is 0.305 e. The van der Waals surface area contributed by atoms with Crippen molar-refractivity contribution in [3.8, 4) is 0 Å². The standard InChI is InChI=1S/C23H32N2O3/c1-25-18-12-13-21(25)20-15-28-23(27)7-5-3-2-4-6-22(26)24-17-10-8-16(9-11-17)19(20)14-18/h8-11,18-21H,2-7,12-15H2,1H3,(H,24,26)/t18-,19+,20-,21+/m0/s1. The molecular formula is C23H32N2O3. The van der Waals surface area contributed by atoms with Crippen molar-refractivity contribution in [2.24, 2.45) is 5.92 Å². The molecule has 1 aromatic rings. The van der Waals surface area contributed by atoms with E-state index < -0.39 is 0 Å². The van der Waals surface area contributed by atoms with Crippen LogP contribution in [0.4, 0.5) is 5.69 Å². The van der Waals surface area contributed by atoms with Gasteiger partial charge < -0.3 is 15.0 Å². The molecule has 0 unspecified atom stereocenters. The zero-order valence-corrected chi connectivity index (χ0v) is 16.9. The molecule has 4 bridgehead atoms. The van der Waals surface area contributed by atoms with Crippen LogP contribution in [0.2, 0.25) is 0 Å². The van der Waals surface area contributed by atoms with E-state index in [-0.39, 0.29) is 11.9 Å². The number of carbonyl (C=O) groups excluding carboxylic acids is 2. The van der Waals surface area contributed by atoms with E-state index in [0.717, 1.165) is 37.8 Å². The Morgan fingerprint density at radius 3 is 2.54 bits per heavy atom. The first kappa shape index (κ1) is 19.4. The summed E-state index contributed by atoms with van der Waals surface area (Å²) in [5.74, 6) is 0.747. The number of piperidine rings is 1. The highest BCUT2D eigenvalue weighted by Gasteiger charge is 2.46. The van der Waals surface area contributed by atoms with Crippen molar-refractivity contribution in [2.45, 2.75) is 75.8 Å². The predicted molar refractivity (Wildman–Crippen MR) is 109 cm³/mol. The van der Waals surface area contributed by atoms with Crippen LogP contribution in [0.5, 0.6) is 0 Å².